The maximum atomic E-state index is 9.95. The van der Waals surface area contributed by atoms with Gasteiger partial charge >= 0.3 is 0 Å². The number of methoxy groups -OCH3 is 1. The second kappa shape index (κ2) is 4.99. The normalized spacial score (nSPS) is 12.3. The van der Waals surface area contributed by atoms with Crippen LogP contribution in [-0.2, 0) is 0 Å². The van der Waals surface area contributed by atoms with Crippen molar-refractivity contribution >= 4 is 0 Å². The molecular formula is C13H18O2. The van der Waals surface area contributed by atoms with Gasteiger partial charge in [-0.3, -0.25) is 0 Å². The van der Waals surface area contributed by atoms with Crippen LogP contribution >= 0.6 is 0 Å². The van der Waals surface area contributed by atoms with E-state index in [0.717, 1.165) is 22.4 Å². The standard InChI is InChI=1S/C13H18O2/c1-9(2)7-12(14)11-6-5-10(3)8-13(11)15-4/h5-6,8,12,14H,1,7H2,2-4H3. The molecule has 1 aromatic carbocycles. The second-order valence-corrected chi connectivity index (χ2v) is 3.92. The number of aliphatic hydroxyl groups excluding tert-OH is 1. The van der Waals surface area contributed by atoms with Crippen molar-refractivity contribution in [3.63, 3.8) is 0 Å². The number of hydrogen-bond donors (Lipinski definition) is 1. The Labute approximate surface area is 91.2 Å². The Kier molecular flexibility index (Phi) is 3.92. The van der Waals surface area contributed by atoms with E-state index in [1.807, 2.05) is 32.0 Å². The molecule has 82 valence electrons. The Bertz CT molecular complexity index is 356. The van der Waals surface area contributed by atoms with E-state index < -0.39 is 6.10 Å². The lowest BCUT2D eigenvalue weighted by Gasteiger charge is -2.15. The predicted octanol–water partition coefficient (Wildman–Crippen LogP) is 3.00. The minimum Gasteiger partial charge on any atom is -0.496 e. The Balaban J connectivity index is 2.97. The van der Waals surface area contributed by atoms with Gasteiger partial charge in [0.05, 0.1) is 13.2 Å². The molecule has 0 spiro atoms. The molecule has 1 N–H and O–H groups in total. The molecule has 2 nitrogen and oxygen atoms in total. The maximum Gasteiger partial charge on any atom is 0.124 e. The van der Waals surface area contributed by atoms with E-state index in [1.54, 1.807) is 7.11 Å². The topological polar surface area (TPSA) is 29.5 Å². The summed E-state index contributed by atoms with van der Waals surface area (Å²) < 4.78 is 5.24. The van der Waals surface area contributed by atoms with Crippen LogP contribution in [0.3, 0.4) is 0 Å². The molecule has 15 heavy (non-hydrogen) atoms. The molecule has 0 heterocycles. The molecule has 1 aromatic rings. The number of rotatable bonds is 4. The van der Waals surface area contributed by atoms with Gasteiger partial charge in [0.1, 0.15) is 5.75 Å². The summed E-state index contributed by atoms with van der Waals surface area (Å²) in [5.41, 5.74) is 2.91. The first-order valence-electron chi connectivity index (χ1n) is 5.01. The Morgan fingerprint density at radius 2 is 2.20 bits per heavy atom. The van der Waals surface area contributed by atoms with E-state index in [0.29, 0.717) is 6.42 Å². The lowest BCUT2D eigenvalue weighted by Crippen LogP contribution is -2.01. The number of benzene rings is 1. The smallest absolute Gasteiger partial charge is 0.124 e. The van der Waals surface area contributed by atoms with E-state index in [9.17, 15) is 5.11 Å². The lowest BCUT2D eigenvalue weighted by molar-refractivity contribution is 0.174. The highest BCUT2D eigenvalue weighted by molar-refractivity contribution is 5.38. The van der Waals surface area contributed by atoms with E-state index >= 15 is 0 Å². The predicted molar refractivity (Wildman–Crippen MR) is 62.1 cm³/mol. The molecule has 0 fully saturated rings. The molecule has 0 aliphatic heterocycles. The minimum absolute atomic E-state index is 0.530. The summed E-state index contributed by atoms with van der Waals surface area (Å²) in [4.78, 5) is 0. The molecule has 0 saturated carbocycles. The molecule has 0 aliphatic carbocycles. The second-order valence-electron chi connectivity index (χ2n) is 3.92. The highest BCUT2D eigenvalue weighted by Gasteiger charge is 2.12. The SMILES string of the molecule is C=C(C)CC(O)c1ccc(C)cc1OC. The van der Waals surface area contributed by atoms with Crippen LogP contribution in [0.25, 0.3) is 0 Å². The van der Waals surface area contributed by atoms with Crippen molar-refractivity contribution in [3.8, 4) is 5.75 Å². The van der Waals surface area contributed by atoms with Crippen LogP contribution in [0.5, 0.6) is 5.75 Å². The van der Waals surface area contributed by atoms with E-state index in [4.69, 9.17) is 4.74 Å². The third kappa shape index (κ3) is 3.10. The average Bonchev–Trinajstić information content (AvgIpc) is 2.16. The van der Waals surface area contributed by atoms with Crippen molar-refractivity contribution in [2.24, 2.45) is 0 Å². The lowest BCUT2D eigenvalue weighted by atomic mass is 10.0. The summed E-state index contributed by atoms with van der Waals surface area (Å²) in [6.07, 6.45) is 0.0393. The van der Waals surface area contributed by atoms with Gasteiger partial charge in [0.2, 0.25) is 0 Å². The molecule has 1 unspecified atom stereocenters. The number of aryl methyl sites for hydroxylation is 1. The van der Waals surface area contributed by atoms with E-state index in [2.05, 4.69) is 6.58 Å². The maximum absolute atomic E-state index is 9.95. The van der Waals surface area contributed by atoms with Gasteiger partial charge in [0, 0.05) is 5.56 Å². The Hall–Kier alpha value is -1.28. The number of aliphatic hydroxyl groups is 1. The number of ether oxygens (including phenoxy) is 1. The third-order valence-electron chi connectivity index (χ3n) is 2.29. The molecule has 0 aliphatic rings. The van der Waals surface area contributed by atoms with Gasteiger partial charge in [0.15, 0.2) is 0 Å². The van der Waals surface area contributed by atoms with E-state index in [1.165, 1.54) is 0 Å². The first-order chi connectivity index (χ1) is 7.04. The minimum atomic E-state index is -0.530. The molecule has 0 bridgehead atoms. The van der Waals surface area contributed by atoms with Crippen LogP contribution in [-0.4, -0.2) is 12.2 Å². The third-order valence-corrected chi connectivity index (χ3v) is 2.29. The van der Waals surface area contributed by atoms with Gasteiger partial charge in [-0.05, 0) is 31.9 Å². The summed E-state index contributed by atoms with van der Waals surface area (Å²) in [6.45, 7) is 7.70. The molecule has 0 aromatic heterocycles. The first kappa shape index (κ1) is 11.8. The Morgan fingerprint density at radius 1 is 1.53 bits per heavy atom. The summed E-state index contributed by atoms with van der Waals surface area (Å²) in [5.74, 6) is 0.740. The average molecular weight is 206 g/mol. The van der Waals surface area contributed by atoms with Crippen LogP contribution in [0, 0.1) is 6.92 Å². The van der Waals surface area contributed by atoms with E-state index in [-0.39, 0.29) is 0 Å². The van der Waals surface area contributed by atoms with Gasteiger partial charge < -0.3 is 9.84 Å². The molecule has 0 amide bonds. The molecule has 0 radical (unpaired) electrons. The zero-order chi connectivity index (χ0) is 11.4. The van der Waals surface area contributed by atoms with Crippen molar-refractivity contribution in [1.82, 2.24) is 0 Å². The van der Waals surface area contributed by atoms with Crippen molar-refractivity contribution in [3.05, 3.63) is 41.5 Å². The van der Waals surface area contributed by atoms with Gasteiger partial charge in [0.25, 0.3) is 0 Å². The quantitative estimate of drug-likeness (QED) is 0.767. The zero-order valence-corrected chi connectivity index (χ0v) is 9.58. The fourth-order valence-corrected chi connectivity index (χ4v) is 1.53. The van der Waals surface area contributed by atoms with Gasteiger partial charge in [-0.15, -0.1) is 6.58 Å². The largest absolute Gasteiger partial charge is 0.496 e. The number of hydrogen-bond acceptors (Lipinski definition) is 2. The first-order valence-corrected chi connectivity index (χ1v) is 5.01. The van der Waals surface area contributed by atoms with Crippen LogP contribution in [0.2, 0.25) is 0 Å². The molecule has 1 rings (SSSR count). The van der Waals surface area contributed by atoms with Crippen LogP contribution in [0.4, 0.5) is 0 Å². The Morgan fingerprint density at radius 3 is 2.73 bits per heavy atom. The van der Waals surface area contributed by atoms with Crippen LogP contribution in [0.1, 0.15) is 30.6 Å². The van der Waals surface area contributed by atoms with Crippen LogP contribution in [0.15, 0.2) is 30.4 Å². The van der Waals surface area contributed by atoms with Crippen LogP contribution < -0.4 is 4.74 Å². The van der Waals surface area contributed by atoms with Gasteiger partial charge in [-0.1, -0.05) is 17.7 Å². The highest BCUT2D eigenvalue weighted by atomic mass is 16.5. The fourth-order valence-electron chi connectivity index (χ4n) is 1.53. The fraction of sp³-hybridized carbons (Fsp3) is 0.385. The van der Waals surface area contributed by atoms with Crippen molar-refractivity contribution in [2.75, 3.05) is 7.11 Å². The summed E-state index contributed by atoms with van der Waals surface area (Å²) in [7, 11) is 1.62. The molecule has 1 atom stereocenters. The van der Waals surface area contributed by atoms with Crippen molar-refractivity contribution in [2.45, 2.75) is 26.4 Å². The molecule has 0 saturated heterocycles. The highest BCUT2D eigenvalue weighted by Crippen LogP contribution is 2.29. The van der Waals surface area contributed by atoms with Gasteiger partial charge in [-0.25, -0.2) is 0 Å². The summed E-state index contributed by atoms with van der Waals surface area (Å²) >= 11 is 0. The zero-order valence-electron chi connectivity index (χ0n) is 9.58. The monoisotopic (exact) mass is 206 g/mol. The van der Waals surface area contributed by atoms with Gasteiger partial charge in [-0.2, -0.15) is 0 Å². The molecule has 2 heteroatoms. The van der Waals surface area contributed by atoms with Crippen molar-refractivity contribution in [1.29, 1.82) is 0 Å². The van der Waals surface area contributed by atoms with Crippen molar-refractivity contribution < 1.29 is 9.84 Å². The summed E-state index contributed by atoms with van der Waals surface area (Å²) in [5, 5.41) is 9.95. The molecular weight excluding hydrogens is 188 g/mol. The summed E-state index contributed by atoms with van der Waals surface area (Å²) in [6, 6.07) is 5.80.